The smallest absolute Gasteiger partial charge is 0.293 e. The van der Waals surface area contributed by atoms with Crippen molar-refractivity contribution in [3.8, 4) is 0 Å². The average molecular weight is 361 g/mol. The maximum absolute atomic E-state index is 12.1. The topological polar surface area (TPSA) is 115 Å². The molecule has 1 atom stereocenters. The lowest BCUT2D eigenvalue weighted by Crippen LogP contribution is -2.26. The van der Waals surface area contributed by atoms with Crippen LogP contribution >= 0.6 is 10.7 Å². The number of Topliss-reactive ketones (excluding diaryl/α,β-unsaturated/α-hetero) is 1. The van der Waals surface area contributed by atoms with Crippen molar-refractivity contribution < 1.29 is 22.9 Å². The minimum atomic E-state index is -3.77. The van der Waals surface area contributed by atoms with Gasteiger partial charge in [0.2, 0.25) is 15.0 Å². The van der Waals surface area contributed by atoms with Crippen LogP contribution in [0, 0.1) is 16.0 Å². The van der Waals surface area contributed by atoms with E-state index in [-0.39, 0.29) is 41.4 Å². The molecule has 0 N–H and O–H groups in total. The average Bonchev–Trinajstić information content (AvgIpc) is 2.76. The Bertz CT molecular complexity index is 792. The Kier molecular flexibility index (Phi) is 4.71. The van der Waals surface area contributed by atoms with Crippen molar-refractivity contribution in [1.29, 1.82) is 0 Å². The number of carbonyl (C=O) groups excluding carboxylic acids is 2. The summed E-state index contributed by atoms with van der Waals surface area (Å²) in [4.78, 5) is 35.1. The standard InChI is InChI=1S/C13H13ClN2O6S/c1-8(17)10-2-3-11(12(5-10)16(19)20)15-6-9(4-13(15)18)7-23(14,21)22/h2-3,5,9H,4,6-7H2,1H3. The molecule has 1 aliphatic rings. The molecule has 0 saturated carbocycles. The molecule has 2 rings (SSSR count). The second-order valence-corrected chi connectivity index (χ2v) is 8.12. The number of halogens is 1. The Balaban J connectivity index is 2.36. The molecule has 1 aliphatic heterocycles. The summed E-state index contributed by atoms with van der Waals surface area (Å²) < 4.78 is 22.2. The second kappa shape index (κ2) is 6.25. The van der Waals surface area contributed by atoms with Gasteiger partial charge in [-0.2, -0.15) is 0 Å². The summed E-state index contributed by atoms with van der Waals surface area (Å²) in [5.74, 6) is -1.67. The lowest BCUT2D eigenvalue weighted by molar-refractivity contribution is -0.384. The molecule has 0 radical (unpaired) electrons. The third-order valence-electron chi connectivity index (χ3n) is 3.51. The molecule has 10 heteroatoms. The van der Waals surface area contributed by atoms with Crippen LogP contribution in [0.1, 0.15) is 23.7 Å². The van der Waals surface area contributed by atoms with Gasteiger partial charge < -0.3 is 4.90 Å². The Morgan fingerprint density at radius 1 is 1.48 bits per heavy atom. The number of nitro benzene ring substituents is 1. The fourth-order valence-electron chi connectivity index (χ4n) is 2.52. The van der Waals surface area contributed by atoms with E-state index in [1.807, 2.05) is 0 Å². The highest BCUT2D eigenvalue weighted by Crippen LogP contribution is 2.34. The first kappa shape index (κ1) is 17.4. The minimum absolute atomic E-state index is 0.0189. The van der Waals surface area contributed by atoms with E-state index in [1.54, 1.807) is 0 Å². The quantitative estimate of drug-likeness (QED) is 0.342. The van der Waals surface area contributed by atoms with Crippen molar-refractivity contribution in [2.75, 3.05) is 17.2 Å². The van der Waals surface area contributed by atoms with E-state index in [1.165, 1.54) is 19.1 Å². The summed E-state index contributed by atoms with van der Waals surface area (Å²) in [5.41, 5.74) is -0.174. The Morgan fingerprint density at radius 2 is 2.13 bits per heavy atom. The molecule has 0 spiro atoms. The van der Waals surface area contributed by atoms with Crippen LogP contribution in [0.5, 0.6) is 0 Å². The third-order valence-corrected chi connectivity index (χ3v) is 4.76. The van der Waals surface area contributed by atoms with E-state index >= 15 is 0 Å². The summed E-state index contributed by atoms with van der Waals surface area (Å²) in [5, 5.41) is 11.2. The third kappa shape index (κ3) is 4.05. The molecule has 8 nitrogen and oxygen atoms in total. The summed E-state index contributed by atoms with van der Waals surface area (Å²) in [7, 11) is 1.42. The van der Waals surface area contributed by atoms with E-state index in [9.17, 15) is 28.1 Å². The van der Waals surface area contributed by atoms with Crippen molar-refractivity contribution in [2.45, 2.75) is 13.3 Å². The van der Waals surface area contributed by atoms with Crippen LogP contribution in [0.4, 0.5) is 11.4 Å². The lowest BCUT2D eigenvalue weighted by Gasteiger charge is -2.17. The summed E-state index contributed by atoms with van der Waals surface area (Å²) in [6.45, 7) is 1.30. The summed E-state index contributed by atoms with van der Waals surface area (Å²) in [6, 6.07) is 3.82. The Morgan fingerprint density at radius 3 is 2.65 bits per heavy atom. The predicted molar refractivity (Wildman–Crippen MR) is 83.2 cm³/mol. The fourth-order valence-corrected chi connectivity index (χ4v) is 3.85. The lowest BCUT2D eigenvalue weighted by atomic mass is 10.1. The summed E-state index contributed by atoms with van der Waals surface area (Å²) in [6.07, 6.45) is -0.0580. The van der Waals surface area contributed by atoms with E-state index in [2.05, 4.69) is 0 Å². The van der Waals surface area contributed by atoms with Crippen LogP contribution in [0.3, 0.4) is 0 Å². The molecule has 0 aromatic heterocycles. The molecule has 1 heterocycles. The SMILES string of the molecule is CC(=O)c1ccc(N2CC(CS(=O)(=O)Cl)CC2=O)c([N+](=O)[O-])c1. The number of nitro groups is 1. The van der Waals surface area contributed by atoms with E-state index in [4.69, 9.17) is 10.7 Å². The monoisotopic (exact) mass is 360 g/mol. The van der Waals surface area contributed by atoms with Gasteiger partial charge in [-0.25, -0.2) is 8.42 Å². The van der Waals surface area contributed by atoms with Gasteiger partial charge in [-0.3, -0.25) is 19.7 Å². The highest BCUT2D eigenvalue weighted by molar-refractivity contribution is 8.13. The van der Waals surface area contributed by atoms with Crippen LogP contribution in [0.15, 0.2) is 18.2 Å². The number of rotatable bonds is 5. The van der Waals surface area contributed by atoms with Gasteiger partial charge in [0.25, 0.3) is 5.69 Å². The van der Waals surface area contributed by atoms with Gasteiger partial charge in [-0.15, -0.1) is 0 Å². The molecule has 1 aromatic rings. The van der Waals surface area contributed by atoms with E-state index < -0.39 is 25.8 Å². The van der Waals surface area contributed by atoms with Crippen LogP contribution in [-0.4, -0.2) is 37.3 Å². The predicted octanol–water partition coefficient (Wildman–Crippen LogP) is 1.72. The van der Waals surface area contributed by atoms with Gasteiger partial charge in [0, 0.05) is 41.2 Å². The fraction of sp³-hybridized carbons (Fsp3) is 0.385. The molecule has 0 bridgehead atoms. The van der Waals surface area contributed by atoms with Crippen LogP contribution < -0.4 is 4.90 Å². The maximum atomic E-state index is 12.1. The number of carbonyl (C=O) groups is 2. The molecule has 124 valence electrons. The molecule has 1 aromatic carbocycles. The van der Waals surface area contributed by atoms with Crippen molar-refractivity contribution in [3.63, 3.8) is 0 Å². The van der Waals surface area contributed by atoms with Gasteiger partial charge in [-0.05, 0) is 19.1 Å². The number of amides is 1. The minimum Gasteiger partial charge on any atom is -0.306 e. The maximum Gasteiger partial charge on any atom is 0.293 e. The van der Waals surface area contributed by atoms with Crippen LogP contribution in [-0.2, 0) is 13.8 Å². The van der Waals surface area contributed by atoms with Gasteiger partial charge in [0.05, 0.1) is 10.7 Å². The van der Waals surface area contributed by atoms with Gasteiger partial charge in [-0.1, -0.05) is 0 Å². The van der Waals surface area contributed by atoms with Crippen molar-refractivity contribution >= 4 is 42.8 Å². The second-order valence-electron chi connectivity index (χ2n) is 5.30. The van der Waals surface area contributed by atoms with E-state index in [0.717, 1.165) is 11.0 Å². The van der Waals surface area contributed by atoms with Crippen molar-refractivity contribution in [3.05, 3.63) is 33.9 Å². The number of benzene rings is 1. The normalized spacial score (nSPS) is 18.3. The molecule has 23 heavy (non-hydrogen) atoms. The van der Waals surface area contributed by atoms with Gasteiger partial charge >= 0.3 is 0 Å². The largest absolute Gasteiger partial charge is 0.306 e. The zero-order valence-corrected chi connectivity index (χ0v) is 13.6. The number of ketones is 1. The van der Waals surface area contributed by atoms with Gasteiger partial charge in [0.15, 0.2) is 5.78 Å². The Labute approximate surface area is 136 Å². The number of nitrogens with zero attached hydrogens (tertiary/aromatic N) is 2. The Hall–Kier alpha value is -2.00. The van der Waals surface area contributed by atoms with Gasteiger partial charge in [0.1, 0.15) is 5.69 Å². The van der Waals surface area contributed by atoms with E-state index in [0.29, 0.717) is 0 Å². The molecule has 0 aliphatic carbocycles. The van der Waals surface area contributed by atoms with Crippen molar-refractivity contribution in [1.82, 2.24) is 0 Å². The molecular weight excluding hydrogens is 348 g/mol. The molecule has 1 fully saturated rings. The first-order chi connectivity index (χ1) is 10.6. The zero-order chi connectivity index (χ0) is 17.4. The van der Waals surface area contributed by atoms with Crippen LogP contribution in [0.25, 0.3) is 0 Å². The number of hydrogen-bond acceptors (Lipinski definition) is 6. The number of hydrogen-bond donors (Lipinski definition) is 0. The molecule has 1 saturated heterocycles. The highest BCUT2D eigenvalue weighted by atomic mass is 35.7. The molecule has 1 unspecified atom stereocenters. The highest BCUT2D eigenvalue weighted by Gasteiger charge is 2.36. The van der Waals surface area contributed by atoms with Crippen LogP contribution in [0.2, 0.25) is 0 Å². The summed E-state index contributed by atoms with van der Waals surface area (Å²) >= 11 is 0. The molecule has 1 amide bonds. The zero-order valence-electron chi connectivity index (χ0n) is 12.1. The number of anilines is 1. The van der Waals surface area contributed by atoms with Crippen molar-refractivity contribution in [2.24, 2.45) is 5.92 Å². The molecular formula is C13H13ClN2O6S. The first-order valence-electron chi connectivity index (χ1n) is 6.60. The first-order valence-corrected chi connectivity index (χ1v) is 9.08.